The first-order valence-corrected chi connectivity index (χ1v) is 9.92. The monoisotopic (exact) mass is 459 g/mol. The first-order valence-electron chi connectivity index (χ1n) is 9.55. The highest BCUT2D eigenvalue weighted by Gasteiger charge is 2.18. The molecule has 2 rings (SSSR count). The smallest absolute Gasteiger partial charge is 0.331 e. The molecular weight excluding hydrogens is 438 g/mol. The Morgan fingerprint density at radius 2 is 1.84 bits per heavy atom. The molecule has 0 aromatic heterocycles. The van der Waals surface area contributed by atoms with Crippen LogP contribution in [0.5, 0.6) is 0 Å². The van der Waals surface area contributed by atoms with E-state index >= 15 is 0 Å². The molecule has 9 nitrogen and oxygen atoms in total. The highest BCUT2D eigenvalue weighted by atomic mass is 35.5. The van der Waals surface area contributed by atoms with Crippen LogP contribution >= 0.6 is 11.6 Å². The number of rotatable bonds is 8. The van der Waals surface area contributed by atoms with Gasteiger partial charge in [0.2, 0.25) is 5.91 Å². The van der Waals surface area contributed by atoms with Gasteiger partial charge in [-0.3, -0.25) is 19.7 Å². The molecule has 32 heavy (non-hydrogen) atoms. The van der Waals surface area contributed by atoms with E-state index < -0.39 is 28.8 Å². The second kappa shape index (κ2) is 11.1. The standard InChI is InChI=1S/C22H22ClN3O6/c1-13-5-4-6-14(2)21(13)25-19(27)12-24-22(29)15(3)32-20(28)10-8-16-7-9-17(23)18(11-16)26(30)31/h4-11,15H,12H2,1-3H3,(H,24,29)(H,25,27)/b10-8+. The normalized spacial score (nSPS) is 11.6. The van der Waals surface area contributed by atoms with E-state index in [1.807, 2.05) is 32.0 Å². The molecule has 168 valence electrons. The van der Waals surface area contributed by atoms with Gasteiger partial charge in [-0.05, 0) is 49.6 Å². The summed E-state index contributed by atoms with van der Waals surface area (Å²) in [6.45, 7) is 4.79. The number of nitrogens with one attached hydrogen (secondary N) is 2. The Morgan fingerprint density at radius 3 is 2.47 bits per heavy atom. The molecule has 0 bridgehead atoms. The van der Waals surface area contributed by atoms with Crippen LogP contribution in [0.25, 0.3) is 6.08 Å². The maximum Gasteiger partial charge on any atom is 0.331 e. The number of carbonyl (C=O) groups is 3. The summed E-state index contributed by atoms with van der Waals surface area (Å²) in [5.74, 6) is -1.89. The molecule has 2 amide bonds. The number of hydrogen-bond donors (Lipinski definition) is 2. The lowest BCUT2D eigenvalue weighted by Crippen LogP contribution is -2.40. The van der Waals surface area contributed by atoms with Gasteiger partial charge in [-0.1, -0.05) is 35.9 Å². The van der Waals surface area contributed by atoms with Crippen LogP contribution in [0.2, 0.25) is 5.02 Å². The fraction of sp³-hybridized carbons (Fsp3) is 0.227. The first kappa shape index (κ1) is 24.5. The summed E-state index contributed by atoms with van der Waals surface area (Å²) >= 11 is 5.74. The number of hydrogen-bond acceptors (Lipinski definition) is 6. The van der Waals surface area contributed by atoms with E-state index in [4.69, 9.17) is 16.3 Å². The van der Waals surface area contributed by atoms with Gasteiger partial charge >= 0.3 is 5.97 Å². The van der Waals surface area contributed by atoms with Crippen molar-refractivity contribution in [2.75, 3.05) is 11.9 Å². The molecule has 0 heterocycles. The van der Waals surface area contributed by atoms with E-state index in [2.05, 4.69) is 10.6 Å². The van der Waals surface area contributed by atoms with Crippen molar-refractivity contribution in [3.63, 3.8) is 0 Å². The van der Waals surface area contributed by atoms with E-state index in [1.165, 1.54) is 31.2 Å². The summed E-state index contributed by atoms with van der Waals surface area (Å²) in [5.41, 5.74) is 2.53. The number of benzene rings is 2. The van der Waals surface area contributed by atoms with Crippen molar-refractivity contribution in [1.29, 1.82) is 0 Å². The number of halogens is 1. The number of anilines is 1. The van der Waals surface area contributed by atoms with Gasteiger partial charge in [0.25, 0.3) is 11.6 Å². The summed E-state index contributed by atoms with van der Waals surface area (Å²) in [5, 5.41) is 16.0. The van der Waals surface area contributed by atoms with Crippen molar-refractivity contribution in [2.24, 2.45) is 0 Å². The van der Waals surface area contributed by atoms with Crippen molar-refractivity contribution >= 4 is 46.8 Å². The van der Waals surface area contributed by atoms with Gasteiger partial charge in [-0.15, -0.1) is 0 Å². The van der Waals surface area contributed by atoms with Gasteiger partial charge in [0.15, 0.2) is 6.10 Å². The molecule has 0 saturated carbocycles. The molecular formula is C22H22ClN3O6. The van der Waals surface area contributed by atoms with Gasteiger partial charge in [-0.2, -0.15) is 0 Å². The maximum atomic E-state index is 12.1. The minimum Gasteiger partial charge on any atom is -0.449 e. The average Bonchev–Trinajstić information content (AvgIpc) is 2.73. The lowest BCUT2D eigenvalue weighted by molar-refractivity contribution is -0.384. The molecule has 0 saturated heterocycles. The highest BCUT2D eigenvalue weighted by molar-refractivity contribution is 6.32. The lowest BCUT2D eigenvalue weighted by atomic mass is 10.1. The fourth-order valence-corrected chi connectivity index (χ4v) is 2.90. The topological polar surface area (TPSA) is 128 Å². The lowest BCUT2D eigenvalue weighted by Gasteiger charge is -2.14. The Kier molecular flexibility index (Phi) is 8.48. The number of ether oxygens (including phenoxy) is 1. The highest BCUT2D eigenvalue weighted by Crippen LogP contribution is 2.25. The number of nitrogens with zero attached hydrogens (tertiary/aromatic N) is 1. The second-order valence-corrected chi connectivity index (χ2v) is 7.32. The third-order valence-corrected chi connectivity index (χ3v) is 4.73. The predicted molar refractivity (Wildman–Crippen MR) is 120 cm³/mol. The molecule has 0 spiro atoms. The van der Waals surface area contributed by atoms with Crippen molar-refractivity contribution in [2.45, 2.75) is 26.9 Å². The molecule has 0 radical (unpaired) electrons. The Bertz CT molecular complexity index is 1060. The SMILES string of the molecule is Cc1cccc(C)c1NC(=O)CNC(=O)C(C)OC(=O)/C=C/c1ccc(Cl)c([N+](=O)[O-])c1. The van der Waals surface area contributed by atoms with E-state index in [0.717, 1.165) is 17.2 Å². The minimum absolute atomic E-state index is 0.0263. The summed E-state index contributed by atoms with van der Waals surface area (Å²) < 4.78 is 4.99. The molecule has 0 aliphatic rings. The van der Waals surface area contributed by atoms with Gasteiger partial charge in [-0.25, -0.2) is 4.79 Å². The Labute approximate surface area is 189 Å². The number of nitro benzene ring substituents is 1. The number of carbonyl (C=O) groups excluding carboxylic acids is 3. The van der Waals surface area contributed by atoms with Gasteiger partial charge in [0.05, 0.1) is 11.5 Å². The third-order valence-electron chi connectivity index (χ3n) is 4.41. The summed E-state index contributed by atoms with van der Waals surface area (Å²) in [7, 11) is 0. The molecule has 2 aromatic carbocycles. The number of nitro groups is 1. The molecule has 10 heteroatoms. The Morgan fingerprint density at radius 1 is 1.19 bits per heavy atom. The third kappa shape index (κ3) is 6.92. The van der Waals surface area contributed by atoms with Crippen LogP contribution in [0.4, 0.5) is 11.4 Å². The summed E-state index contributed by atoms with van der Waals surface area (Å²) in [6.07, 6.45) is 1.18. The molecule has 1 atom stereocenters. The Hall–Kier alpha value is -3.72. The fourth-order valence-electron chi connectivity index (χ4n) is 2.71. The van der Waals surface area contributed by atoms with E-state index in [0.29, 0.717) is 11.3 Å². The van der Waals surface area contributed by atoms with E-state index in [1.54, 1.807) is 0 Å². The number of aryl methyl sites for hydroxylation is 2. The zero-order valence-electron chi connectivity index (χ0n) is 17.7. The van der Waals surface area contributed by atoms with Crippen LogP contribution in [0.1, 0.15) is 23.6 Å². The predicted octanol–water partition coefficient (Wildman–Crippen LogP) is 3.56. The van der Waals surface area contributed by atoms with Gasteiger partial charge in [0, 0.05) is 17.8 Å². The van der Waals surface area contributed by atoms with Crippen LogP contribution < -0.4 is 10.6 Å². The number of esters is 1. The van der Waals surface area contributed by atoms with Gasteiger partial charge in [0.1, 0.15) is 5.02 Å². The second-order valence-electron chi connectivity index (χ2n) is 6.91. The largest absolute Gasteiger partial charge is 0.449 e. The van der Waals surface area contributed by atoms with Crippen LogP contribution in [0, 0.1) is 24.0 Å². The summed E-state index contributed by atoms with van der Waals surface area (Å²) in [6, 6.07) is 9.63. The average molecular weight is 460 g/mol. The van der Waals surface area contributed by atoms with Crippen LogP contribution in [0.15, 0.2) is 42.5 Å². The summed E-state index contributed by atoms with van der Waals surface area (Å²) in [4.78, 5) is 46.5. The minimum atomic E-state index is -1.15. The quantitative estimate of drug-likeness (QED) is 0.269. The maximum absolute atomic E-state index is 12.1. The van der Waals surface area contributed by atoms with Crippen LogP contribution in [0.3, 0.4) is 0 Å². The number of para-hydroxylation sites is 1. The first-order chi connectivity index (χ1) is 15.1. The molecule has 0 aliphatic carbocycles. The molecule has 1 unspecified atom stereocenters. The number of amides is 2. The van der Waals surface area contributed by atoms with Crippen molar-refractivity contribution in [3.8, 4) is 0 Å². The zero-order valence-corrected chi connectivity index (χ0v) is 18.4. The Balaban J connectivity index is 1.86. The van der Waals surface area contributed by atoms with Crippen LogP contribution in [-0.2, 0) is 19.1 Å². The zero-order chi connectivity index (χ0) is 23.8. The molecule has 0 fully saturated rings. The van der Waals surface area contributed by atoms with Crippen molar-refractivity contribution in [3.05, 3.63) is 74.3 Å². The molecule has 2 N–H and O–H groups in total. The van der Waals surface area contributed by atoms with Crippen LogP contribution in [-0.4, -0.2) is 35.4 Å². The molecule has 0 aliphatic heterocycles. The van der Waals surface area contributed by atoms with Gasteiger partial charge < -0.3 is 15.4 Å². The molecule has 2 aromatic rings. The van der Waals surface area contributed by atoms with E-state index in [-0.39, 0.29) is 17.3 Å². The van der Waals surface area contributed by atoms with Crippen molar-refractivity contribution < 1.29 is 24.0 Å². The van der Waals surface area contributed by atoms with E-state index in [9.17, 15) is 24.5 Å². The van der Waals surface area contributed by atoms with Crippen molar-refractivity contribution in [1.82, 2.24) is 5.32 Å².